The second-order valence-electron chi connectivity index (χ2n) is 18.7. The molecule has 0 bridgehead atoms. The molecule has 4 aromatic heterocycles. The van der Waals surface area contributed by atoms with Crippen molar-refractivity contribution >= 4 is 87.0 Å². The van der Waals surface area contributed by atoms with Crippen LogP contribution in [0.4, 0.5) is 33.1 Å². The summed E-state index contributed by atoms with van der Waals surface area (Å²) in [5.41, 5.74) is 1.71. The van der Waals surface area contributed by atoms with Crippen LogP contribution in [-0.2, 0) is 66.0 Å². The number of nitrogens with one attached hydrogen (secondary N) is 3. The SMILES string of the molecule is C.C=CC(=O)Cl.C=CC(=O)N1CCC(Oc2ncc(C(C)Nc3nccc(N4C(=O)OC[C@@H]4C(C)C)n3)cn2)CC1.CC(Nc1nccc(N2C(=O)OC[C@@H]2C(C)C)n1)c1cnc(OC2CCNCC2)nc1.O=S(=O)(I)OOOOOOOOO. The third kappa shape index (κ3) is 23.9. The standard InChI is InChI=1S/C24H31N7O4.C21H29N7O3.C3H3ClO.CH4.HIO11S/c1-5-21(32)30-10-7-18(8-11-30)35-23-26-12-17(13-27-23)16(4)28-22-25-9-6-20(29-22)31-19(15(2)3)14-34-24(31)33;1-13(2)17-12-30-21(29)28(17)18-6-9-23-19(27-18)26-14(3)15-10-24-20(25-11-15)31-16-4-7-22-8-5-16;1-2-3(4)5;;1-13(3,4)12-11-10-9-8-7-6-5-2/h5-6,9,12-13,15-16,18-19H,1,7-8,10-11,14H2,2-4H3,(H,25,28,29);6,9-11,13-14,16-17,22H,4-5,7-8,12H2,1-3H3,(H,23,26,27);2H,1H2;1H4;2H/t16?,19-;14?,17-;;;/m11.../s1. The molecule has 8 rings (SSSR count). The van der Waals surface area contributed by atoms with E-state index in [1.165, 1.54) is 6.08 Å². The highest BCUT2D eigenvalue weighted by Crippen LogP contribution is 2.29. The number of carbonyl (C=O) groups excluding carboxylic acids is 4. The zero-order valence-corrected chi connectivity index (χ0v) is 50.0. The summed E-state index contributed by atoms with van der Waals surface area (Å²) in [4.78, 5) is 85.6. The van der Waals surface area contributed by atoms with Gasteiger partial charge in [-0.1, -0.05) is 52.6 Å². The van der Waals surface area contributed by atoms with Crippen molar-refractivity contribution in [1.29, 1.82) is 0 Å². The Labute approximate surface area is 506 Å². The third-order valence-electron chi connectivity index (χ3n) is 12.3. The minimum absolute atomic E-state index is 0. The van der Waals surface area contributed by atoms with Crippen LogP contribution in [0.2, 0.25) is 0 Å². The number of aromatic nitrogens is 8. The van der Waals surface area contributed by atoms with Crippen LogP contribution in [0.3, 0.4) is 0 Å². The van der Waals surface area contributed by atoms with E-state index in [1.807, 2.05) is 27.7 Å². The number of likely N-dealkylation sites (tertiary alicyclic amines) is 1. The maximum atomic E-state index is 12.3. The van der Waals surface area contributed by atoms with Gasteiger partial charge in [0.2, 0.25) is 23.0 Å². The van der Waals surface area contributed by atoms with Gasteiger partial charge in [0.15, 0.2) is 0 Å². The van der Waals surface area contributed by atoms with E-state index >= 15 is 0 Å². The van der Waals surface area contributed by atoms with Gasteiger partial charge in [-0.05, 0) is 123 Å². The number of nitrogens with zero attached hydrogens (tertiary/aromatic N) is 11. The molecule has 4 aliphatic heterocycles. The van der Waals surface area contributed by atoms with Gasteiger partial charge in [-0.15, -0.1) is 0 Å². The monoisotopic (exact) mass is 1350 g/mol. The Balaban J connectivity index is 0.000000283. The molecule has 3 amide bonds. The summed E-state index contributed by atoms with van der Waals surface area (Å²) in [6.07, 6.45) is 15.2. The Bertz CT molecular complexity index is 2850. The molecule has 468 valence electrons. The van der Waals surface area contributed by atoms with E-state index in [1.54, 1.807) is 64.0 Å². The number of hydrogen-bond donors (Lipinski definition) is 4. The van der Waals surface area contributed by atoms with E-state index in [0.29, 0.717) is 61.9 Å². The third-order valence-corrected chi connectivity index (χ3v) is 13.1. The topological polar surface area (TPSA) is 382 Å². The van der Waals surface area contributed by atoms with Crippen molar-refractivity contribution in [2.45, 2.75) is 111 Å². The molecule has 85 heavy (non-hydrogen) atoms. The van der Waals surface area contributed by atoms with Crippen LogP contribution in [-0.4, -0.2) is 145 Å². The van der Waals surface area contributed by atoms with E-state index in [9.17, 15) is 27.6 Å². The highest BCUT2D eigenvalue weighted by Gasteiger charge is 2.38. The van der Waals surface area contributed by atoms with Crippen LogP contribution in [0.15, 0.2) is 74.6 Å². The molecule has 4 aromatic rings. The number of carbonyl (C=O) groups is 4. The van der Waals surface area contributed by atoms with Gasteiger partial charge in [0.1, 0.15) is 58.3 Å². The second-order valence-corrected chi connectivity index (χ2v) is 23.2. The zero-order valence-electron chi connectivity index (χ0n) is 46.3. The maximum Gasteiger partial charge on any atom is 0.415 e. The molecule has 36 heteroatoms. The van der Waals surface area contributed by atoms with Crippen molar-refractivity contribution in [3.63, 3.8) is 0 Å². The fourth-order valence-corrected chi connectivity index (χ4v) is 8.17. The molecule has 8 heterocycles. The van der Waals surface area contributed by atoms with Gasteiger partial charge in [-0.2, -0.15) is 18.4 Å². The number of piperidine rings is 2. The van der Waals surface area contributed by atoms with Crippen LogP contribution < -0.4 is 35.2 Å². The minimum atomic E-state index is -3.87. The first-order valence-corrected chi connectivity index (χ1v) is 30.0. The van der Waals surface area contributed by atoms with Gasteiger partial charge in [0.05, 0.1) is 24.2 Å². The van der Waals surface area contributed by atoms with Crippen molar-refractivity contribution < 1.29 is 91.4 Å². The highest BCUT2D eigenvalue weighted by molar-refractivity contribution is 14.2. The van der Waals surface area contributed by atoms with Crippen molar-refractivity contribution in [2.24, 2.45) is 11.8 Å². The van der Waals surface area contributed by atoms with Crippen molar-refractivity contribution in [1.82, 2.24) is 50.1 Å². The first-order chi connectivity index (χ1) is 40.2. The molecule has 0 aliphatic carbocycles. The average Bonchev–Trinajstić information content (AvgIpc) is 3.05. The summed E-state index contributed by atoms with van der Waals surface area (Å²) < 4.78 is 45.9. The van der Waals surface area contributed by atoms with Crippen molar-refractivity contribution in [3.05, 3.63) is 85.8 Å². The molecule has 4 saturated heterocycles. The number of ether oxygens (including phenoxy) is 4. The molecule has 0 saturated carbocycles. The first kappa shape index (κ1) is 70.7. The lowest BCUT2D eigenvalue weighted by molar-refractivity contribution is -0.825. The van der Waals surface area contributed by atoms with E-state index in [2.05, 4.69) is 122 Å². The van der Waals surface area contributed by atoms with Gasteiger partial charge < -0.3 is 39.8 Å². The second kappa shape index (κ2) is 36.3. The predicted octanol–water partition coefficient (Wildman–Crippen LogP) is 6.78. The number of cyclic esters (lactones) is 2. The Hall–Kier alpha value is -6.75. The van der Waals surface area contributed by atoms with Crippen molar-refractivity contribution in [2.75, 3.05) is 59.8 Å². The number of anilines is 4. The summed E-state index contributed by atoms with van der Waals surface area (Å²) in [7, 11) is -3.87. The molecule has 0 radical (unpaired) electrons. The molecule has 33 nitrogen and oxygen atoms in total. The lowest BCUT2D eigenvalue weighted by Gasteiger charge is -2.30. The predicted molar refractivity (Wildman–Crippen MR) is 306 cm³/mol. The summed E-state index contributed by atoms with van der Waals surface area (Å²) in [6.45, 7) is 22.6. The highest BCUT2D eigenvalue weighted by atomic mass is 127. The lowest BCUT2D eigenvalue weighted by Crippen LogP contribution is -2.41. The van der Waals surface area contributed by atoms with Crippen LogP contribution >= 0.6 is 32.8 Å². The quantitative estimate of drug-likeness (QED) is 0.0140. The summed E-state index contributed by atoms with van der Waals surface area (Å²) in [6, 6.07) is 3.69. The maximum absolute atomic E-state index is 12.3. The Morgan fingerprint density at radius 1 is 0.706 bits per heavy atom. The molecule has 0 spiro atoms. The van der Waals surface area contributed by atoms with E-state index in [0.717, 1.165) is 77.2 Å². The van der Waals surface area contributed by atoms with Gasteiger partial charge in [-0.25, -0.2) is 44.8 Å². The van der Waals surface area contributed by atoms with Crippen LogP contribution in [0.25, 0.3) is 0 Å². The fraction of sp³-hybridized carbons (Fsp3) is 0.510. The van der Waals surface area contributed by atoms with Gasteiger partial charge in [-0.3, -0.25) is 19.4 Å². The summed E-state index contributed by atoms with van der Waals surface area (Å²) in [5.74, 6) is 2.25. The zero-order chi connectivity index (χ0) is 61.2. The summed E-state index contributed by atoms with van der Waals surface area (Å²) >= 11 is 5.60. The van der Waals surface area contributed by atoms with Gasteiger partial charge in [0, 0.05) is 74.2 Å². The van der Waals surface area contributed by atoms with E-state index in [-0.39, 0.29) is 67.6 Å². The number of rotatable bonds is 24. The molecule has 4 N–H and O–H groups in total. The molecule has 4 aliphatic rings. The molecular weight excluding hydrogens is 1280 g/mol. The lowest BCUT2D eigenvalue weighted by atomic mass is 10.0. The largest absolute Gasteiger partial charge is 0.460 e. The molecule has 4 atom stereocenters. The first-order valence-electron chi connectivity index (χ1n) is 25.7. The van der Waals surface area contributed by atoms with Crippen LogP contribution in [0.5, 0.6) is 12.0 Å². The van der Waals surface area contributed by atoms with Gasteiger partial charge in [0.25, 0.3) is 0 Å². The molecule has 2 unspecified atom stereocenters. The molecule has 0 aromatic carbocycles. The van der Waals surface area contributed by atoms with Gasteiger partial charge >= 0.3 is 31.5 Å². The number of halogens is 2. The Morgan fingerprint density at radius 2 is 1.12 bits per heavy atom. The number of amides is 3. The van der Waals surface area contributed by atoms with E-state index in [4.69, 9.17) is 35.8 Å². The minimum Gasteiger partial charge on any atom is -0.460 e. The number of allylic oxidation sites excluding steroid dienone is 1. The molecule has 4 fully saturated rings. The number of hydrogen-bond acceptors (Lipinski definition) is 30. The smallest absolute Gasteiger partial charge is 0.415 e. The van der Waals surface area contributed by atoms with Crippen molar-refractivity contribution in [3.8, 4) is 12.0 Å². The summed E-state index contributed by atoms with van der Waals surface area (Å²) in [5, 5.41) is 39.6. The molecular formula is C49H68ClIN14O19S. The van der Waals surface area contributed by atoms with E-state index < -0.39 is 18.6 Å². The normalized spacial score (nSPS) is 17.7. The van der Waals surface area contributed by atoms with Crippen LogP contribution in [0.1, 0.15) is 97.9 Å². The Morgan fingerprint density at radius 3 is 1.51 bits per heavy atom. The fourth-order valence-electron chi connectivity index (χ4n) is 7.90. The Kier molecular flexibility index (Phi) is 30.2. The van der Waals surface area contributed by atoms with Crippen LogP contribution in [0, 0.1) is 11.8 Å². The average molecular weight is 1350 g/mol.